The first-order valence-electron chi connectivity index (χ1n) is 4.83. The molecule has 0 bridgehead atoms. The van der Waals surface area contributed by atoms with Crippen LogP contribution < -0.4 is 10.1 Å². The molecule has 2 heteroatoms. The van der Waals surface area contributed by atoms with Gasteiger partial charge in [0, 0.05) is 19.2 Å². The molecule has 1 heterocycles. The molecule has 1 N–H and O–H groups in total. The topological polar surface area (TPSA) is 21.3 Å². The van der Waals surface area contributed by atoms with Crippen molar-refractivity contribution in [2.24, 2.45) is 0 Å². The summed E-state index contributed by atoms with van der Waals surface area (Å²) in [6, 6.07) is 6.20. The molecule has 0 unspecified atom stereocenters. The average molecular weight is 179 g/mol. The maximum absolute atomic E-state index is 5.37. The minimum Gasteiger partial charge on any atom is -0.493 e. The monoisotopic (exact) mass is 179 g/mol. The second kappa shape index (κ2) is 4.75. The zero-order chi connectivity index (χ0) is 9.68. The molecule has 0 aliphatic carbocycles. The molecule has 0 saturated heterocycles. The van der Waals surface area contributed by atoms with Crippen LogP contribution in [0.4, 0.5) is 5.69 Å². The summed E-state index contributed by atoms with van der Waals surface area (Å²) in [6.07, 6.45) is 1.05. The molecular formula is C11H17NO. The van der Waals surface area contributed by atoms with Crippen LogP contribution >= 0.6 is 0 Å². The zero-order valence-corrected chi connectivity index (χ0v) is 8.55. The number of anilines is 1. The molecule has 0 spiro atoms. The highest BCUT2D eigenvalue weighted by Gasteiger charge is 2.10. The van der Waals surface area contributed by atoms with Crippen molar-refractivity contribution in [2.45, 2.75) is 20.3 Å². The van der Waals surface area contributed by atoms with Crippen LogP contribution in [0, 0.1) is 0 Å². The fraction of sp³-hybridized carbons (Fsp3) is 0.455. The van der Waals surface area contributed by atoms with Crippen LogP contribution in [0.25, 0.3) is 0 Å². The predicted octanol–water partition coefficient (Wildman–Crippen LogP) is 2.69. The molecule has 1 aromatic carbocycles. The molecule has 0 radical (unpaired) electrons. The third-order valence-corrected chi connectivity index (χ3v) is 1.98. The number of benzene rings is 1. The fourth-order valence-corrected chi connectivity index (χ4v) is 1.34. The van der Waals surface area contributed by atoms with E-state index in [-0.39, 0.29) is 0 Å². The van der Waals surface area contributed by atoms with E-state index in [4.69, 9.17) is 4.74 Å². The quantitative estimate of drug-likeness (QED) is 0.715. The Balaban J connectivity index is 0.000000396. The van der Waals surface area contributed by atoms with E-state index in [1.165, 1.54) is 5.56 Å². The molecule has 1 aromatic rings. The van der Waals surface area contributed by atoms with Crippen molar-refractivity contribution in [1.29, 1.82) is 0 Å². The number of fused-ring (bicyclic) bond motifs is 1. The summed E-state index contributed by atoms with van der Waals surface area (Å²) in [5.41, 5.74) is 2.48. The van der Waals surface area contributed by atoms with Crippen molar-refractivity contribution in [3.05, 3.63) is 23.8 Å². The molecule has 1 aliphatic rings. The first-order chi connectivity index (χ1) is 6.40. The highest BCUT2D eigenvalue weighted by Crippen LogP contribution is 2.27. The first kappa shape index (κ1) is 9.90. The first-order valence-corrected chi connectivity index (χ1v) is 4.83. The van der Waals surface area contributed by atoms with E-state index in [1.54, 1.807) is 0 Å². The van der Waals surface area contributed by atoms with Gasteiger partial charge >= 0.3 is 0 Å². The maximum atomic E-state index is 5.37. The lowest BCUT2D eigenvalue weighted by Gasteiger charge is -2.01. The Kier molecular flexibility index (Phi) is 3.62. The molecule has 72 valence electrons. The summed E-state index contributed by atoms with van der Waals surface area (Å²) in [7, 11) is 1.93. The van der Waals surface area contributed by atoms with E-state index < -0.39 is 0 Å². The number of nitrogens with one attached hydrogen (secondary N) is 1. The van der Waals surface area contributed by atoms with E-state index in [9.17, 15) is 0 Å². The standard InChI is InChI=1S/C9H11NO.C2H6/c1-10-8-2-3-9-7(6-8)4-5-11-9;1-2/h2-3,6,10H,4-5H2,1H3;1-2H3. The van der Waals surface area contributed by atoms with Gasteiger partial charge in [-0.25, -0.2) is 0 Å². The van der Waals surface area contributed by atoms with E-state index in [2.05, 4.69) is 11.4 Å². The van der Waals surface area contributed by atoms with Gasteiger partial charge in [-0.1, -0.05) is 13.8 Å². The zero-order valence-electron chi connectivity index (χ0n) is 8.55. The summed E-state index contributed by atoms with van der Waals surface area (Å²) >= 11 is 0. The van der Waals surface area contributed by atoms with Gasteiger partial charge in [0.25, 0.3) is 0 Å². The Morgan fingerprint density at radius 3 is 2.77 bits per heavy atom. The number of rotatable bonds is 1. The van der Waals surface area contributed by atoms with E-state index in [1.807, 2.05) is 33.0 Å². The minimum absolute atomic E-state index is 0.836. The van der Waals surface area contributed by atoms with Crippen LogP contribution in [0.2, 0.25) is 0 Å². The third kappa shape index (κ3) is 2.14. The van der Waals surface area contributed by atoms with Crippen molar-refractivity contribution in [3.63, 3.8) is 0 Å². The van der Waals surface area contributed by atoms with Gasteiger partial charge in [-0.05, 0) is 23.8 Å². The summed E-state index contributed by atoms with van der Waals surface area (Å²) in [6.45, 7) is 4.84. The number of hydrogen-bond acceptors (Lipinski definition) is 2. The van der Waals surface area contributed by atoms with Gasteiger partial charge in [-0.3, -0.25) is 0 Å². The maximum Gasteiger partial charge on any atom is 0.122 e. The normalized spacial score (nSPS) is 12.2. The summed E-state index contributed by atoms with van der Waals surface area (Å²) < 4.78 is 5.37. The van der Waals surface area contributed by atoms with Gasteiger partial charge in [0.1, 0.15) is 5.75 Å². The molecule has 0 amide bonds. The fourth-order valence-electron chi connectivity index (χ4n) is 1.34. The lowest BCUT2D eigenvalue weighted by molar-refractivity contribution is 0.357. The Bertz CT molecular complexity index is 271. The van der Waals surface area contributed by atoms with Crippen LogP contribution in [0.5, 0.6) is 5.75 Å². The second-order valence-electron chi connectivity index (χ2n) is 2.67. The van der Waals surface area contributed by atoms with Gasteiger partial charge in [0.05, 0.1) is 6.61 Å². The van der Waals surface area contributed by atoms with Crippen LogP contribution in [-0.4, -0.2) is 13.7 Å². The Morgan fingerprint density at radius 2 is 2.08 bits per heavy atom. The van der Waals surface area contributed by atoms with Gasteiger partial charge < -0.3 is 10.1 Å². The van der Waals surface area contributed by atoms with Crippen LogP contribution in [0.3, 0.4) is 0 Å². The lowest BCUT2D eigenvalue weighted by Crippen LogP contribution is -1.87. The number of ether oxygens (including phenoxy) is 1. The minimum atomic E-state index is 0.836. The molecule has 1 aliphatic heterocycles. The van der Waals surface area contributed by atoms with Crippen LogP contribution in [0.1, 0.15) is 19.4 Å². The highest BCUT2D eigenvalue weighted by molar-refractivity contribution is 5.51. The van der Waals surface area contributed by atoms with E-state index >= 15 is 0 Å². The third-order valence-electron chi connectivity index (χ3n) is 1.98. The van der Waals surface area contributed by atoms with Gasteiger partial charge in [0.15, 0.2) is 0 Å². The van der Waals surface area contributed by atoms with Crippen molar-refractivity contribution in [1.82, 2.24) is 0 Å². The predicted molar refractivity (Wildman–Crippen MR) is 56.5 cm³/mol. The van der Waals surface area contributed by atoms with E-state index in [0.29, 0.717) is 0 Å². The molecule has 2 rings (SSSR count). The Labute approximate surface area is 79.9 Å². The lowest BCUT2D eigenvalue weighted by atomic mass is 10.1. The Hall–Kier alpha value is -1.18. The highest BCUT2D eigenvalue weighted by atomic mass is 16.5. The average Bonchev–Trinajstić information content (AvgIpc) is 2.67. The molecule has 13 heavy (non-hydrogen) atoms. The SMILES string of the molecule is CC.CNc1ccc2c(c1)CCO2. The van der Waals surface area contributed by atoms with Crippen LogP contribution in [0.15, 0.2) is 18.2 Å². The largest absolute Gasteiger partial charge is 0.493 e. The number of hydrogen-bond donors (Lipinski definition) is 1. The van der Waals surface area contributed by atoms with Crippen molar-refractivity contribution < 1.29 is 4.74 Å². The smallest absolute Gasteiger partial charge is 0.122 e. The summed E-state index contributed by atoms with van der Waals surface area (Å²) in [5.74, 6) is 1.05. The molecular weight excluding hydrogens is 162 g/mol. The molecule has 2 nitrogen and oxygen atoms in total. The molecule has 0 saturated carbocycles. The molecule has 0 fully saturated rings. The van der Waals surface area contributed by atoms with Gasteiger partial charge in [0.2, 0.25) is 0 Å². The van der Waals surface area contributed by atoms with Crippen LogP contribution in [-0.2, 0) is 6.42 Å². The summed E-state index contributed by atoms with van der Waals surface area (Å²) in [5, 5.41) is 3.10. The van der Waals surface area contributed by atoms with Crippen molar-refractivity contribution in [2.75, 3.05) is 19.0 Å². The second-order valence-corrected chi connectivity index (χ2v) is 2.67. The molecule has 0 aromatic heterocycles. The van der Waals surface area contributed by atoms with E-state index in [0.717, 1.165) is 24.5 Å². The van der Waals surface area contributed by atoms with Crippen molar-refractivity contribution >= 4 is 5.69 Å². The summed E-state index contributed by atoms with van der Waals surface area (Å²) in [4.78, 5) is 0. The Morgan fingerprint density at radius 1 is 1.31 bits per heavy atom. The molecule has 0 atom stereocenters. The van der Waals surface area contributed by atoms with Gasteiger partial charge in [-0.15, -0.1) is 0 Å². The van der Waals surface area contributed by atoms with Gasteiger partial charge in [-0.2, -0.15) is 0 Å². The van der Waals surface area contributed by atoms with Crippen molar-refractivity contribution in [3.8, 4) is 5.75 Å².